The number of hydrogen-bond acceptors (Lipinski definition) is 4. The van der Waals surface area contributed by atoms with Gasteiger partial charge in [0.05, 0.1) is 13.2 Å². The van der Waals surface area contributed by atoms with Crippen LogP contribution in [0.2, 0.25) is 0 Å². The fourth-order valence-electron chi connectivity index (χ4n) is 8.63. The van der Waals surface area contributed by atoms with Gasteiger partial charge in [0.15, 0.2) is 0 Å². The van der Waals surface area contributed by atoms with E-state index in [4.69, 9.17) is 18.9 Å². The summed E-state index contributed by atoms with van der Waals surface area (Å²) in [5, 5.41) is 0. The predicted molar refractivity (Wildman–Crippen MR) is 235 cm³/mol. The van der Waals surface area contributed by atoms with Gasteiger partial charge in [-0.25, -0.2) is 0 Å². The zero-order chi connectivity index (χ0) is 40.3. The van der Waals surface area contributed by atoms with Crippen molar-refractivity contribution >= 4 is 0 Å². The molecule has 0 bridgehead atoms. The molecule has 0 N–H and O–H groups in total. The highest BCUT2D eigenvalue weighted by Gasteiger charge is 2.36. The van der Waals surface area contributed by atoms with Crippen LogP contribution in [0, 0.1) is 0 Å². The molecule has 2 aromatic rings. The lowest BCUT2D eigenvalue weighted by atomic mass is 9.71. The molecule has 4 nitrogen and oxygen atoms in total. The van der Waals surface area contributed by atoms with Gasteiger partial charge in [-0.3, -0.25) is 0 Å². The van der Waals surface area contributed by atoms with Gasteiger partial charge in [0.25, 0.3) is 0 Å². The summed E-state index contributed by atoms with van der Waals surface area (Å²) in [6, 6.07) is 10.1. The van der Waals surface area contributed by atoms with Gasteiger partial charge >= 0.3 is 0 Å². The Morgan fingerprint density at radius 1 is 0.455 bits per heavy atom. The lowest BCUT2D eigenvalue weighted by Crippen LogP contribution is -2.26. The molecule has 0 amide bonds. The first-order valence-electron chi connectivity index (χ1n) is 22.9. The molecule has 4 heteroatoms. The van der Waals surface area contributed by atoms with Crippen LogP contribution in [0.3, 0.4) is 0 Å². The van der Waals surface area contributed by atoms with Crippen molar-refractivity contribution in [3.8, 4) is 11.5 Å². The molecule has 0 saturated carbocycles. The maximum atomic E-state index is 6.92. The molecule has 2 aromatic carbocycles. The number of unbranched alkanes of at least 4 members (excludes halogenated alkanes) is 8. The van der Waals surface area contributed by atoms with Crippen LogP contribution in [0.1, 0.15) is 219 Å². The normalized spacial score (nSPS) is 17.5. The van der Waals surface area contributed by atoms with E-state index in [9.17, 15) is 0 Å². The second-order valence-electron chi connectivity index (χ2n) is 20.1. The van der Waals surface area contributed by atoms with Crippen LogP contribution in [0.5, 0.6) is 11.5 Å². The van der Waals surface area contributed by atoms with E-state index in [-0.39, 0.29) is 33.9 Å². The van der Waals surface area contributed by atoms with Crippen molar-refractivity contribution in [2.45, 2.75) is 226 Å². The third-order valence-electron chi connectivity index (χ3n) is 12.9. The minimum absolute atomic E-state index is 0.0133. The van der Waals surface area contributed by atoms with Crippen LogP contribution < -0.4 is 9.47 Å². The molecule has 2 fully saturated rings. The molecule has 2 aliphatic rings. The van der Waals surface area contributed by atoms with E-state index in [1.807, 2.05) is 0 Å². The smallest absolute Gasteiger partial charge is 0.126 e. The molecule has 55 heavy (non-hydrogen) atoms. The summed E-state index contributed by atoms with van der Waals surface area (Å²) in [5.41, 5.74) is 8.26. The first kappa shape index (κ1) is 45.7. The molecule has 2 aliphatic heterocycles. The molecule has 0 aromatic heterocycles. The summed E-state index contributed by atoms with van der Waals surface area (Å²) in [6.45, 7) is 31.8. The van der Waals surface area contributed by atoms with Crippen molar-refractivity contribution in [2.24, 2.45) is 0 Å². The van der Waals surface area contributed by atoms with Crippen molar-refractivity contribution in [2.75, 3.05) is 26.4 Å². The monoisotopic (exact) mass is 761 g/mol. The molecule has 0 spiro atoms. The number of rotatable bonds is 28. The number of benzene rings is 2. The third kappa shape index (κ3) is 13.5. The Hall–Kier alpha value is -2.04. The van der Waals surface area contributed by atoms with Crippen molar-refractivity contribution in [1.82, 2.24) is 0 Å². The van der Waals surface area contributed by atoms with Crippen LogP contribution in [-0.4, -0.2) is 38.6 Å². The summed E-state index contributed by atoms with van der Waals surface area (Å²) >= 11 is 0. The maximum absolute atomic E-state index is 6.92. The van der Waals surface area contributed by atoms with Crippen LogP contribution in [0.15, 0.2) is 24.3 Å². The van der Waals surface area contributed by atoms with E-state index in [1.165, 1.54) is 110 Å². The lowest BCUT2D eigenvalue weighted by Gasteiger charge is -2.35. The summed E-state index contributed by atoms with van der Waals surface area (Å²) in [4.78, 5) is 0. The Kier molecular flexibility index (Phi) is 17.1. The summed E-state index contributed by atoms with van der Waals surface area (Å²) in [6.07, 6.45) is 20.8. The zero-order valence-electron chi connectivity index (χ0n) is 37.9. The molecule has 2 saturated heterocycles. The van der Waals surface area contributed by atoms with Crippen LogP contribution in [-0.2, 0) is 37.6 Å². The standard InChI is InChI=1S/C51H84O4/c1-13-17-21-25-48(5,6)42-30-38(31-43(46(42)54-36-40-34-52-40)49(7,8)26-22-18-14-2)29-39-32-44(50(9,10)27-23-19-15-3)47(55-37-41-35-53-41)45(33-39)51(11,12)28-24-20-16-4/h30-33,40-41H,13-29,34-37H2,1-12H3. The Morgan fingerprint density at radius 2 is 0.709 bits per heavy atom. The molecule has 0 radical (unpaired) electrons. The molecule has 312 valence electrons. The van der Waals surface area contributed by atoms with Gasteiger partial charge in [-0.1, -0.05) is 184 Å². The van der Waals surface area contributed by atoms with Gasteiger partial charge < -0.3 is 18.9 Å². The van der Waals surface area contributed by atoms with Gasteiger partial charge in [-0.15, -0.1) is 0 Å². The third-order valence-corrected chi connectivity index (χ3v) is 12.9. The topological polar surface area (TPSA) is 43.5 Å². The minimum atomic E-state index is -0.0133. The Labute approximate surface area is 339 Å². The maximum Gasteiger partial charge on any atom is 0.126 e. The van der Waals surface area contributed by atoms with Crippen LogP contribution >= 0.6 is 0 Å². The zero-order valence-corrected chi connectivity index (χ0v) is 37.9. The molecular formula is C51H84O4. The summed E-state index contributed by atoms with van der Waals surface area (Å²) in [5.74, 6) is 2.26. The van der Waals surface area contributed by atoms with Crippen molar-refractivity contribution in [3.63, 3.8) is 0 Å². The van der Waals surface area contributed by atoms with Crippen LogP contribution in [0.25, 0.3) is 0 Å². The SMILES string of the molecule is CCCCCC(C)(C)c1cc(Cc2cc(C(C)(C)CCCCC)c(OCC3CO3)c(C(C)(C)CCCCC)c2)cc(C(C)(C)CCCCC)c1OCC1CO1. The molecule has 4 rings (SSSR count). The molecule has 2 unspecified atom stereocenters. The Balaban J connectivity index is 1.92. The highest BCUT2D eigenvalue weighted by molar-refractivity contribution is 5.55. The van der Waals surface area contributed by atoms with Gasteiger partial charge in [-0.2, -0.15) is 0 Å². The van der Waals surface area contributed by atoms with Gasteiger partial charge in [0.1, 0.15) is 36.9 Å². The first-order valence-corrected chi connectivity index (χ1v) is 22.9. The van der Waals surface area contributed by atoms with E-state index < -0.39 is 0 Å². The highest BCUT2D eigenvalue weighted by atomic mass is 16.6. The van der Waals surface area contributed by atoms with E-state index >= 15 is 0 Å². The average molecular weight is 761 g/mol. The lowest BCUT2D eigenvalue weighted by molar-refractivity contribution is 0.249. The molecule has 2 atom stereocenters. The summed E-state index contributed by atoms with van der Waals surface area (Å²) in [7, 11) is 0. The fourth-order valence-corrected chi connectivity index (χ4v) is 8.63. The Bertz CT molecular complexity index is 1260. The number of epoxide rings is 2. The van der Waals surface area contributed by atoms with Crippen molar-refractivity contribution in [3.05, 3.63) is 57.6 Å². The highest BCUT2D eigenvalue weighted by Crippen LogP contribution is 2.48. The second kappa shape index (κ2) is 20.6. The molecule has 0 aliphatic carbocycles. The fraction of sp³-hybridized carbons (Fsp3) is 0.765. The van der Waals surface area contributed by atoms with Gasteiger partial charge in [0, 0.05) is 22.3 Å². The van der Waals surface area contributed by atoms with Gasteiger partial charge in [0.2, 0.25) is 0 Å². The van der Waals surface area contributed by atoms with Crippen LogP contribution in [0.4, 0.5) is 0 Å². The molecule has 2 heterocycles. The summed E-state index contributed by atoms with van der Waals surface area (Å²) < 4.78 is 25.2. The number of ether oxygens (including phenoxy) is 4. The molecular weight excluding hydrogens is 677 g/mol. The largest absolute Gasteiger partial charge is 0.490 e. The quantitative estimate of drug-likeness (QED) is 0.0640. The van der Waals surface area contributed by atoms with E-state index in [0.717, 1.165) is 56.8 Å². The van der Waals surface area contributed by atoms with E-state index in [1.54, 1.807) is 0 Å². The Morgan fingerprint density at radius 3 is 0.927 bits per heavy atom. The second-order valence-corrected chi connectivity index (χ2v) is 20.1. The minimum Gasteiger partial charge on any atom is -0.490 e. The first-order chi connectivity index (χ1) is 26.1. The van der Waals surface area contributed by atoms with Crippen molar-refractivity contribution in [1.29, 1.82) is 0 Å². The average Bonchev–Trinajstić information content (AvgIpc) is 4.06. The van der Waals surface area contributed by atoms with Crippen molar-refractivity contribution < 1.29 is 18.9 Å². The van der Waals surface area contributed by atoms with E-state index in [0.29, 0.717) is 13.2 Å². The predicted octanol–water partition coefficient (Wildman–Crippen LogP) is 14.3. The van der Waals surface area contributed by atoms with Gasteiger partial charge in [-0.05, 0) is 64.9 Å². The van der Waals surface area contributed by atoms with E-state index in [2.05, 4.69) is 107 Å². The number of hydrogen-bond donors (Lipinski definition) is 0.